The first-order valence-corrected chi connectivity index (χ1v) is 11.7. The van der Waals surface area contributed by atoms with Gasteiger partial charge in [-0.05, 0) is 53.3 Å². The molecule has 0 saturated heterocycles. The summed E-state index contributed by atoms with van der Waals surface area (Å²) in [6.45, 7) is 12.7. The van der Waals surface area contributed by atoms with Crippen LogP contribution in [-0.4, -0.2) is 18.4 Å². The highest BCUT2D eigenvalue weighted by Crippen LogP contribution is 2.49. The summed E-state index contributed by atoms with van der Waals surface area (Å²) < 4.78 is 23.9. The Labute approximate surface area is 180 Å². The molecular formula is C24H31N3O2S. The van der Waals surface area contributed by atoms with Crippen LogP contribution in [0.2, 0.25) is 0 Å². The fourth-order valence-corrected chi connectivity index (χ4v) is 4.54. The molecule has 1 aliphatic carbocycles. The second-order valence-corrected chi connectivity index (χ2v) is 11.3. The first-order valence-electron chi connectivity index (χ1n) is 10.2. The Morgan fingerprint density at radius 1 is 1.07 bits per heavy atom. The summed E-state index contributed by atoms with van der Waals surface area (Å²) >= 11 is 0. The Kier molecular flexibility index (Phi) is 5.78. The standard InChI is InChI=1S/C24H31N3O2S/c1-16(2)24(6)13-20(30(25,28)29)7-8-21(24)19-11-18(14-26-15-19)17-9-10-27-22(12-17)23(3,4)5/h7-12,14-16H,13H2,1-6H3,(H2,25,28,29). The van der Waals surface area contributed by atoms with Gasteiger partial charge in [0.25, 0.3) is 0 Å². The number of allylic oxidation sites excluding steroid dienone is 4. The minimum absolute atomic E-state index is 0.0436. The van der Waals surface area contributed by atoms with Crippen LogP contribution in [0.15, 0.2) is 53.8 Å². The molecule has 1 atom stereocenters. The van der Waals surface area contributed by atoms with Crippen molar-refractivity contribution in [3.05, 3.63) is 65.1 Å². The summed E-state index contributed by atoms with van der Waals surface area (Å²) in [4.78, 5) is 9.29. The first kappa shape index (κ1) is 22.4. The molecule has 0 aliphatic heterocycles. The molecule has 6 heteroatoms. The molecule has 3 rings (SSSR count). The zero-order valence-electron chi connectivity index (χ0n) is 18.6. The average Bonchev–Trinajstić information content (AvgIpc) is 2.66. The predicted octanol–water partition coefficient (Wildman–Crippen LogP) is 5.06. The molecule has 2 heterocycles. The smallest absolute Gasteiger partial charge is 0.234 e. The second kappa shape index (κ2) is 7.75. The SMILES string of the molecule is CC(C)C1(C)CC(S(N)(=O)=O)=CC=C1c1cncc(-c2ccnc(C(C)(C)C)c2)c1. The molecule has 0 spiro atoms. The van der Waals surface area contributed by atoms with Crippen molar-refractivity contribution in [2.45, 2.75) is 53.4 Å². The van der Waals surface area contributed by atoms with Gasteiger partial charge in [-0.1, -0.05) is 47.6 Å². The predicted molar refractivity (Wildman–Crippen MR) is 123 cm³/mol. The van der Waals surface area contributed by atoms with Gasteiger partial charge in [0.15, 0.2) is 0 Å². The molecule has 0 amide bonds. The summed E-state index contributed by atoms with van der Waals surface area (Å²) in [6.07, 6.45) is 9.43. The highest BCUT2D eigenvalue weighted by Gasteiger charge is 2.38. The number of nitrogens with zero attached hydrogens (tertiary/aromatic N) is 2. The molecule has 2 aromatic rings. The maximum absolute atomic E-state index is 12.0. The van der Waals surface area contributed by atoms with Crippen LogP contribution in [0.4, 0.5) is 0 Å². The number of hydrogen-bond donors (Lipinski definition) is 1. The lowest BCUT2D eigenvalue weighted by atomic mass is 9.67. The molecule has 0 fully saturated rings. The summed E-state index contributed by atoms with van der Waals surface area (Å²) in [7, 11) is -3.71. The van der Waals surface area contributed by atoms with Gasteiger partial charge in [-0.15, -0.1) is 0 Å². The Hall–Kier alpha value is -2.31. The third-order valence-electron chi connectivity index (χ3n) is 6.14. The van der Waals surface area contributed by atoms with Crippen molar-refractivity contribution in [3.8, 4) is 11.1 Å². The van der Waals surface area contributed by atoms with Gasteiger partial charge < -0.3 is 0 Å². The maximum Gasteiger partial charge on any atom is 0.234 e. The summed E-state index contributed by atoms with van der Waals surface area (Å²) in [5.74, 6) is 0.214. The molecular weight excluding hydrogens is 394 g/mol. The van der Waals surface area contributed by atoms with E-state index in [1.165, 1.54) is 0 Å². The van der Waals surface area contributed by atoms with Crippen molar-refractivity contribution < 1.29 is 8.42 Å². The number of primary sulfonamides is 1. The number of aromatic nitrogens is 2. The van der Waals surface area contributed by atoms with E-state index in [2.05, 4.69) is 63.6 Å². The molecule has 2 N–H and O–H groups in total. The maximum atomic E-state index is 12.0. The van der Waals surface area contributed by atoms with Gasteiger partial charge in [-0.25, -0.2) is 13.6 Å². The third-order valence-corrected chi connectivity index (χ3v) is 7.15. The Bertz CT molecular complexity index is 1130. The quantitative estimate of drug-likeness (QED) is 0.741. The Morgan fingerprint density at radius 3 is 2.33 bits per heavy atom. The van der Waals surface area contributed by atoms with E-state index in [-0.39, 0.29) is 21.7 Å². The van der Waals surface area contributed by atoms with E-state index in [1.54, 1.807) is 6.08 Å². The van der Waals surface area contributed by atoms with Crippen molar-refractivity contribution >= 4 is 15.6 Å². The minimum atomic E-state index is -3.71. The third kappa shape index (κ3) is 4.40. The van der Waals surface area contributed by atoms with Crippen LogP contribution in [0, 0.1) is 11.3 Å². The summed E-state index contributed by atoms with van der Waals surface area (Å²) in [6, 6.07) is 6.22. The lowest BCUT2D eigenvalue weighted by Gasteiger charge is -2.39. The van der Waals surface area contributed by atoms with E-state index in [4.69, 9.17) is 5.14 Å². The average molecular weight is 426 g/mol. The van der Waals surface area contributed by atoms with Gasteiger partial charge in [0.05, 0.1) is 4.91 Å². The molecule has 5 nitrogen and oxygen atoms in total. The number of rotatable bonds is 4. The van der Waals surface area contributed by atoms with Crippen molar-refractivity contribution in [1.82, 2.24) is 9.97 Å². The van der Waals surface area contributed by atoms with Crippen molar-refractivity contribution in [3.63, 3.8) is 0 Å². The fraction of sp³-hybridized carbons (Fsp3) is 0.417. The van der Waals surface area contributed by atoms with Crippen LogP contribution in [-0.2, 0) is 15.4 Å². The molecule has 0 bridgehead atoms. The number of nitrogens with two attached hydrogens (primary N) is 1. The van der Waals surface area contributed by atoms with Crippen LogP contribution in [0.1, 0.15) is 59.2 Å². The van der Waals surface area contributed by atoms with Crippen molar-refractivity contribution in [2.24, 2.45) is 16.5 Å². The Morgan fingerprint density at radius 2 is 1.73 bits per heavy atom. The minimum Gasteiger partial charge on any atom is -0.263 e. The van der Waals surface area contributed by atoms with Gasteiger partial charge in [-0.3, -0.25) is 9.97 Å². The van der Waals surface area contributed by atoms with Crippen molar-refractivity contribution in [1.29, 1.82) is 0 Å². The van der Waals surface area contributed by atoms with Gasteiger partial charge in [0.1, 0.15) is 0 Å². The molecule has 30 heavy (non-hydrogen) atoms. The molecule has 0 aromatic carbocycles. The zero-order chi connectivity index (χ0) is 22.3. The summed E-state index contributed by atoms with van der Waals surface area (Å²) in [5, 5.41) is 5.42. The number of hydrogen-bond acceptors (Lipinski definition) is 4. The van der Waals surface area contributed by atoms with E-state index >= 15 is 0 Å². The van der Waals surface area contributed by atoms with Crippen LogP contribution in [0.5, 0.6) is 0 Å². The van der Waals surface area contributed by atoms with Gasteiger partial charge in [0.2, 0.25) is 10.0 Å². The highest BCUT2D eigenvalue weighted by molar-refractivity contribution is 7.93. The molecule has 1 unspecified atom stereocenters. The highest BCUT2D eigenvalue weighted by atomic mass is 32.2. The topological polar surface area (TPSA) is 85.9 Å². The number of pyridine rings is 2. The number of sulfonamides is 1. The Balaban J connectivity index is 2.11. The fourth-order valence-electron chi connectivity index (χ4n) is 3.78. The van der Waals surface area contributed by atoms with E-state index in [1.807, 2.05) is 30.7 Å². The zero-order valence-corrected chi connectivity index (χ0v) is 19.4. The van der Waals surface area contributed by atoms with E-state index in [0.29, 0.717) is 6.42 Å². The van der Waals surface area contributed by atoms with Crippen LogP contribution in [0.3, 0.4) is 0 Å². The normalized spacial score (nSPS) is 20.1. The van der Waals surface area contributed by atoms with Crippen LogP contribution in [0.25, 0.3) is 16.7 Å². The van der Waals surface area contributed by atoms with Gasteiger partial charge >= 0.3 is 0 Å². The second-order valence-electron chi connectivity index (χ2n) is 9.65. The summed E-state index contributed by atoms with van der Waals surface area (Å²) in [5.41, 5.74) is 4.74. The largest absolute Gasteiger partial charge is 0.263 e. The lowest BCUT2D eigenvalue weighted by molar-refractivity contribution is 0.312. The molecule has 0 saturated carbocycles. The molecule has 160 valence electrons. The van der Waals surface area contributed by atoms with Gasteiger partial charge in [-0.2, -0.15) is 0 Å². The van der Waals surface area contributed by atoms with E-state index in [0.717, 1.165) is 28.0 Å². The molecule has 0 radical (unpaired) electrons. The van der Waals surface area contributed by atoms with E-state index < -0.39 is 10.0 Å². The van der Waals surface area contributed by atoms with Crippen LogP contribution >= 0.6 is 0 Å². The van der Waals surface area contributed by atoms with Gasteiger partial charge in [0, 0.05) is 40.7 Å². The van der Waals surface area contributed by atoms with Crippen LogP contribution < -0.4 is 5.14 Å². The first-order chi connectivity index (χ1) is 13.8. The monoisotopic (exact) mass is 425 g/mol. The molecule has 2 aromatic heterocycles. The lowest BCUT2D eigenvalue weighted by Crippen LogP contribution is -2.31. The van der Waals surface area contributed by atoms with Crippen molar-refractivity contribution in [2.75, 3.05) is 0 Å². The molecule has 1 aliphatic rings. The van der Waals surface area contributed by atoms with E-state index in [9.17, 15) is 8.42 Å².